The van der Waals surface area contributed by atoms with Crippen LogP contribution in [0.15, 0.2) is 42.9 Å². The zero-order valence-electron chi connectivity index (χ0n) is 19.5. The lowest BCUT2D eigenvalue weighted by molar-refractivity contribution is -0.137. The van der Waals surface area contributed by atoms with E-state index in [1.54, 1.807) is 40.0 Å². The second-order valence-electron chi connectivity index (χ2n) is 9.21. The molecule has 0 unspecified atom stereocenters. The number of anilines is 3. The number of hydrogen-bond donors (Lipinski definition) is 2. The topological polar surface area (TPSA) is 111 Å². The Bertz CT molecular complexity index is 1230. The Morgan fingerprint density at radius 3 is 2.58 bits per heavy atom. The fraction of sp³-hybridized carbons (Fsp3) is 0.417. The molecule has 3 N–H and O–H groups in total. The fourth-order valence-electron chi connectivity index (χ4n) is 4.53. The van der Waals surface area contributed by atoms with Gasteiger partial charge in [0, 0.05) is 47.8 Å². The predicted octanol–water partition coefficient (Wildman–Crippen LogP) is 3.59. The maximum Gasteiger partial charge on any atom is 0.419 e. The molecule has 3 heterocycles. The molecule has 1 aromatic carbocycles. The van der Waals surface area contributed by atoms with Gasteiger partial charge in [-0.25, -0.2) is 9.97 Å². The Morgan fingerprint density at radius 1 is 1.17 bits per heavy atom. The standard InChI is InChI=1S/C24H26F3N7O2/c25-24(26,27)19-11-29-22(31-17-2-4-18(5-3-17)34-8-9-36-13-20(34)35)32-21(19)16-10-30-33(12-16)15-23(14-28)6-1-7-23/h2-5,10-12H,1,6-9,13-15,28H2,(H,29,31,32). The highest BCUT2D eigenvalue weighted by Crippen LogP contribution is 2.42. The number of benzene rings is 1. The van der Waals surface area contributed by atoms with E-state index in [1.165, 1.54) is 6.20 Å². The average molecular weight is 502 g/mol. The zero-order chi connectivity index (χ0) is 25.3. The van der Waals surface area contributed by atoms with Gasteiger partial charge in [0.2, 0.25) is 5.95 Å². The van der Waals surface area contributed by atoms with Crippen LogP contribution < -0.4 is 16.0 Å². The highest BCUT2D eigenvalue weighted by Gasteiger charge is 2.38. The molecule has 5 rings (SSSR count). The van der Waals surface area contributed by atoms with Gasteiger partial charge in [0.15, 0.2) is 0 Å². The number of rotatable bonds is 7. The third-order valence-corrected chi connectivity index (χ3v) is 6.77. The summed E-state index contributed by atoms with van der Waals surface area (Å²) in [4.78, 5) is 21.7. The highest BCUT2D eigenvalue weighted by molar-refractivity contribution is 5.95. The summed E-state index contributed by atoms with van der Waals surface area (Å²) in [6, 6.07) is 6.91. The number of nitrogens with one attached hydrogen (secondary N) is 1. The quantitative estimate of drug-likeness (QED) is 0.509. The SMILES string of the molecule is NCC1(Cn2cc(-c3nc(Nc4ccc(N5CCOCC5=O)cc4)ncc3C(F)(F)F)cn2)CCC1. The van der Waals surface area contributed by atoms with Crippen LogP contribution in [0, 0.1) is 5.41 Å². The van der Waals surface area contributed by atoms with Crippen LogP contribution in [-0.2, 0) is 22.3 Å². The van der Waals surface area contributed by atoms with E-state index in [0.717, 1.165) is 25.5 Å². The average Bonchev–Trinajstić information content (AvgIpc) is 3.30. The summed E-state index contributed by atoms with van der Waals surface area (Å²) < 4.78 is 48.1. The highest BCUT2D eigenvalue weighted by atomic mass is 19.4. The van der Waals surface area contributed by atoms with E-state index in [1.807, 2.05) is 0 Å². The molecule has 2 fully saturated rings. The number of nitrogens with zero attached hydrogens (tertiary/aromatic N) is 5. The molecule has 12 heteroatoms. The van der Waals surface area contributed by atoms with Crippen LogP contribution in [0.2, 0.25) is 0 Å². The van der Waals surface area contributed by atoms with E-state index >= 15 is 0 Å². The third kappa shape index (κ3) is 4.91. The number of alkyl halides is 3. The lowest BCUT2D eigenvalue weighted by Crippen LogP contribution is -2.41. The summed E-state index contributed by atoms with van der Waals surface area (Å²) in [5.41, 5.74) is 6.20. The molecule has 0 radical (unpaired) electrons. The molecule has 1 amide bonds. The zero-order valence-corrected chi connectivity index (χ0v) is 19.5. The summed E-state index contributed by atoms with van der Waals surface area (Å²) >= 11 is 0. The summed E-state index contributed by atoms with van der Waals surface area (Å²) in [6.45, 7) is 2.01. The molecule has 2 aliphatic rings. The Morgan fingerprint density at radius 2 is 1.94 bits per heavy atom. The van der Waals surface area contributed by atoms with E-state index in [0.29, 0.717) is 37.6 Å². The van der Waals surface area contributed by atoms with E-state index in [2.05, 4.69) is 20.4 Å². The van der Waals surface area contributed by atoms with Gasteiger partial charge in [-0.15, -0.1) is 0 Å². The van der Waals surface area contributed by atoms with E-state index in [4.69, 9.17) is 10.5 Å². The van der Waals surface area contributed by atoms with Crippen molar-refractivity contribution in [1.29, 1.82) is 0 Å². The largest absolute Gasteiger partial charge is 0.419 e. The van der Waals surface area contributed by atoms with Crippen LogP contribution in [0.25, 0.3) is 11.3 Å². The smallest absolute Gasteiger partial charge is 0.370 e. The number of amides is 1. The molecule has 9 nitrogen and oxygen atoms in total. The molecule has 1 saturated carbocycles. The molecule has 36 heavy (non-hydrogen) atoms. The number of halogens is 3. The first-order valence-corrected chi connectivity index (χ1v) is 11.7. The lowest BCUT2D eigenvalue weighted by Gasteiger charge is -2.40. The van der Waals surface area contributed by atoms with Crippen molar-refractivity contribution in [2.75, 3.05) is 36.5 Å². The molecule has 0 bridgehead atoms. The number of carbonyl (C=O) groups is 1. The molecular formula is C24H26F3N7O2. The summed E-state index contributed by atoms with van der Waals surface area (Å²) in [7, 11) is 0. The van der Waals surface area contributed by atoms with Crippen molar-refractivity contribution in [3.05, 3.63) is 48.4 Å². The van der Waals surface area contributed by atoms with Crippen molar-refractivity contribution in [2.45, 2.75) is 32.0 Å². The minimum absolute atomic E-state index is 0.0124. The Hall–Kier alpha value is -3.51. The monoisotopic (exact) mass is 501 g/mol. The van der Waals surface area contributed by atoms with Crippen molar-refractivity contribution in [2.24, 2.45) is 11.1 Å². The fourth-order valence-corrected chi connectivity index (χ4v) is 4.53. The molecule has 1 aliphatic carbocycles. The van der Waals surface area contributed by atoms with Gasteiger partial charge in [0.1, 0.15) is 12.2 Å². The molecule has 1 aliphatic heterocycles. The number of aromatic nitrogens is 4. The lowest BCUT2D eigenvalue weighted by atomic mass is 9.69. The van der Waals surface area contributed by atoms with Crippen LogP contribution in [0.3, 0.4) is 0 Å². The number of ether oxygens (including phenoxy) is 1. The molecule has 0 atom stereocenters. The predicted molar refractivity (Wildman–Crippen MR) is 126 cm³/mol. The molecule has 2 aromatic heterocycles. The van der Waals surface area contributed by atoms with Crippen molar-refractivity contribution >= 4 is 23.2 Å². The van der Waals surface area contributed by atoms with Crippen LogP contribution in [0.4, 0.5) is 30.5 Å². The van der Waals surface area contributed by atoms with E-state index < -0.39 is 11.7 Å². The van der Waals surface area contributed by atoms with Crippen molar-refractivity contribution in [3.63, 3.8) is 0 Å². The maximum absolute atomic E-state index is 13.8. The maximum atomic E-state index is 13.8. The van der Waals surface area contributed by atoms with Gasteiger partial charge in [0.05, 0.1) is 18.5 Å². The first-order chi connectivity index (χ1) is 17.3. The Balaban J connectivity index is 1.38. The van der Waals surface area contributed by atoms with Gasteiger partial charge >= 0.3 is 6.18 Å². The second-order valence-corrected chi connectivity index (χ2v) is 9.21. The second kappa shape index (κ2) is 9.51. The number of carbonyl (C=O) groups excluding carboxylic acids is 1. The van der Waals surface area contributed by atoms with Gasteiger partial charge in [-0.1, -0.05) is 6.42 Å². The Labute approximate surface area is 205 Å². The van der Waals surface area contributed by atoms with Gasteiger partial charge < -0.3 is 20.7 Å². The molecule has 3 aromatic rings. The van der Waals surface area contributed by atoms with Gasteiger partial charge in [0.25, 0.3) is 5.91 Å². The Kier molecular flexibility index (Phi) is 6.39. The van der Waals surface area contributed by atoms with Crippen LogP contribution in [0.1, 0.15) is 24.8 Å². The molecule has 0 spiro atoms. The van der Waals surface area contributed by atoms with Crippen molar-refractivity contribution in [3.8, 4) is 11.3 Å². The third-order valence-electron chi connectivity index (χ3n) is 6.77. The summed E-state index contributed by atoms with van der Waals surface area (Å²) in [5.74, 6) is -0.119. The van der Waals surface area contributed by atoms with Crippen LogP contribution in [-0.4, -0.2) is 52.0 Å². The van der Waals surface area contributed by atoms with Gasteiger partial charge in [-0.05, 0) is 43.7 Å². The van der Waals surface area contributed by atoms with Crippen molar-refractivity contribution < 1.29 is 22.7 Å². The molecular weight excluding hydrogens is 475 g/mol. The normalized spacial score (nSPS) is 17.7. The number of nitrogens with two attached hydrogens (primary N) is 1. The minimum atomic E-state index is -4.63. The first-order valence-electron chi connectivity index (χ1n) is 11.7. The summed E-state index contributed by atoms with van der Waals surface area (Å²) in [6.07, 6.45) is 2.15. The summed E-state index contributed by atoms with van der Waals surface area (Å²) in [5, 5.41) is 7.22. The van der Waals surface area contributed by atoms with Crippen molar-refractivity contribution in [1.82, 2.24) is 19.7 Å². The van der Waals surface area contributed by atoms with Gasteiger partial charge in [-0.2, -0.15) is 18.3 Å². The van der Waals surface area contributed by atoms with E-state index in [9.17, 15) is 18.0 Å². The number of hydrogen-bond acceptors (Lipinski definition) is 7. The first kappa shape index (κ1) is 24.2. The van der Waals surface area contributed by atoms with E-state index in [-0.39, 0.29) is 35.1 Å². The molecule has 1 saturated heterocycles. The minimum Gasteiger partial charge on any atom is -0.370 e. The number of morpholine rings is 1. The molecule has 190 valence electrons. The van der Waals surface area contributed by atoms with Gasteiger partial charge in [-0.3, -0.25) is 9.48 Å². The van der Waals surface area contributed by atoms with Crippen LogP contribution in [0.5, 0.6) is 0 Å². The van der Waals surface area contributed by atoms with Crippen LogP contribution >= 0.6 is 0 Å².